The summed E-state index contributed by atoms with van der Waals surface area (Å²) >= 11 is 0. The van der Waals surface area contributed by atoms with E-state index in [9.17, 15) is 4.79 Å². The first kappa shape index (κ1) is 16.4. The predicted octanol–water partition coefficient (Wildman–Crippen LogP) is 1.36. The van der Waals surface area contributed by atoms with Gasteiger partial charge in [0.25, 0.3) is 5.91 Å². The maximum atomic E-state index is 12.6. The number of amides is 1. The topological polar surface area (TPSA) is 81.1 Å². The van der Waals surface area contributed by atoms with Crippen LogP contribution in [0.5, 0.6) is 0 Å². The molecule has 1 aliphatic rings. The van der Waals surface area contributed by atoms with Crippen LogP contribution in [0.3, 0.4) is 0 Å². The number of aromatic nitrogens is 4. The SMILES string of the molecule is Cc1cc(CCC2CN(C(=O)c3ccnc(C)n3)CCO2)ncn1. The monoisotopic (exact) mass is 327 g/mol. The Morgan fingerprint density at radius 2 is 2.21 bits per heavy atom. The van der Waals surface area contributed by atoms with E-state index in [0.29, 0.717) is 31.2 Å². The second-order valence-corrected chi connectivity index (χ2v) is 5.92. The summed E-state index contributed by atoms with van der Waals surface area (Å²) < 4.78 is 5.80. The van der Waals surface area contributed by atoms with Crippen LogP contribution in [0.25, 0.3) is 0 Å². The number of hydrogen-bond acceptors (Lipinski definition) is 6. The quantitative estimate of drug-likeness (QED) is 0.843. The van der Waals surface area contributed by atoms with Gasteiger partial charge in [-0.25, -0.2) is 19.9 Å². The van der Waals surface area contributed by atoms with E-state index in [2.05, 4.69) is 19.9 Å². The lowest BCUT2D eigenvalue weighted by molar-refractivity contribution is -0.0248. The number of hydrogen-bond donors (Lipinski definition) is 0. The lowest BCUT2D eigenvalue weighted by Crippen LogP contribution is -2.46. The van der Waals surface area contributed by atoms with Crippen LogP contribution in [0.15, 0.2) is 24.7 Å². The second-order valence-electron chi connectivity index (χ2n) is 5.92. The molecule has 0 bridgehead atoms. The molecule has 126 valence electrons. The van der Waals surface area contributed by atoms with Crippen LogP contribution in [0, 0.1) is 13.8 Å². The summed E-state index contributed by atoms with van der Waals surface area (Å²) in [6, 6.07) is 3.64. The van der Waals surface area contributed by atoms with Crippen molar-refractivity contribution in [2.75, 3.05) is 19.7 Å². The van der Waals surface area contributed by atoms with E-state index in [1.165, 1.54) is 0 Å². The number of aryl methyl sites for hydroxylation is 3. The zero-order chi connectivity index (χ0) is 16.9. The minimum absolute atomic E-state index is 0.0147. The third kappa shape index (κ3) is 4.11. The van der Waals surface area contributed by atoms with Gasteiger partial charge in [-0.3, -0.25) is 4.79 Å². The Morgan fingerprint density at radius 1 is 1.33 bits per heavy atom. The largest absolute Gasteiger partial charge is 0.375 e. The third-order valence-corrected chi connectivity index (χ3v) is 4.00. The van der Waals surface area contributed by atoms with Gasteiger partial charge in [0.2, 0.25) is 0 Å². The lowest BCUT2D eigenvalue weighted by atomic mass is 10.1. The summed E-state index contributed by atoms with van der Waals surface area (Å²) in [5.74, 6) is 0.538. The van der Waals surface area contributed by atoms with E-state index in [4.69, 9.17) is 4.74 Å². The number of rotatable bonds is 4. The lowest BCUT2D eigenvalue weighted by Gasteiger charge is -2.32. The van der Waals surface area contributed by atoms with E-state index >= 15 is 0 Å². The van der Waals surface area contributed by atoms with Crippen LogP contribution in [-0.2, 0) is 11.2 Å². The first-order chi connectivity index (χ1) is 11.6. The van der Waals surface area contributed by atoms with E-state index in [1.54, 1.807) is 30.4 Å². The predicted molar refractivity (Wildman–Crippen MR) is 87.5 cm³/mol. The molecule has 2 aromatic heterocycles. The summed E-state index contributed by atoms with van der Waals surface area (Å²) in [7, 11) is 0. The summed E-state index contributed by atoms with van der Waals surface area (Å²) in [5, 5.41) is 0. The summed E-state index contributed by atoms with van der Waals surface area (Å²) in [6.07, 6.45) is 4.84. The van der Waals surface area contributed by atoms with E-state index in [-0.39, 0.29) is 12.0 Å². The Kier molecular flexibility index (Phi) is 5.10. The molecule has 3 rings (SSSR count). The number of nitrogens with zero attached hydrogens (tertiary/aromatic N) is 5. The van der Waals surface area contributed by atoms with Crippen LogP contribution in [0.4, 0.5) is 0 Å². The molecule has 0 aliphatic carbocycles. The fraction of sp³-hybridized carbons (Fsp3) is 0.471. The van der Waals surface area contributed by atoms with E-state index < -0.39 is 0 Å². The van der Waals surface area contributed by atoms with Crippen LogP contribution in [-0.4, -0.2) is 56.5 Å². The van der Waals surface area contributed by atoms with Crippen molar-refractivity contribution in [1.82, 2.24) is 24.8 Å². The highest BCUT2D eigenvalue weighted by Gasteiger charge is 2.25. The molecule has 1 saturated heterocycles. The standard InChI is InChI=1S/C17H21N5O2/c1-12-9-14(20-11-19-12)3-4-15-10-22(7-8-24-15)17(23)16-5-6-18-13(2)21-16/h5-6,9,11,15H,3-4,7-8,10H2,1-2H3. The normalized spacial score (nSPS) is 17.8. The van der Waals surface area contributed by atoms with Gasteiger partial charge in [-0.1, -0.05) is 0 Å². The van der Waals surface area contributed by atoms with Crippen molar-refractivity contribution in [3.63, 3.8) is 0 Å². The summed E-state index contributed by atoms with van der Waals surface area (Å²) in [6.45, 7) is 5.44. The fourth-order valence-corrected chi connectivity index (χ4v) is 2.77. The molecule has 24 heavy (non-hydrogen) atoms. The highest BCUT2D eigenvalue weighted by atomic mass is 16.5. The van der Waals surface area contributed by atoms with Crippen molar-refractivity contribution < 1.29 is 9.53 Å². The summed E-state index contributed by atoms with van der Waals surface area (Å²) in [5.41, 5.74) is 2.40. The first-order valence-electron chi connectivity index (χ1n) is 8.10. The Labute approximate surface area is 141 Å². The first-order valence-corrected chi connectivity index (χ1v) is 8.10. The molecule has 2 aromatic rings. The minimum atomic E-state index is -0.0633. The molecule has 1 aliphatic heterocycles. The van der Waals surface area contributed by atoms with Crippen molar-refractivity contribution in [3.05, 3.63) is 47.6 Å². The average molecular weight is 327 g/mol. The van der Waals surface area contributed by atoms with E-state index in [1.807, 2.05) is 13.0 Å². The zero-order valence-corrected chi connectivity index (χ0v) is 14.0. The highest BCUT2D eigenvalue weighted by molar-refractivity contribution is 5.92. The van der Waals surface area contributed by atoms with Crippen molar-refractivity contribution >= 4 is 5.91 Å². The Bertz CT molecular complexity index is 722. The van der Waals surface area contributed by atoms with Gasteiger partial charge in [-0.15, -0.1) is 0 Å². The number of carbonyl (C=O) groups is 1. The molecular weight excluding hydrogens is 306 g/mol. The highest BCUT2D eigenvalue weighted by Crippen LogP contribution is 2.14. The molecule has 7 heteroatoms. The zero-order valence-electron chi connectivity index (χ0n) is 14.0. The maximum Gasteiger partial charge on any atom is 0.272 e. The van der Waals surface area contributed by atoms with Crippen LogP contribution < -0.4 is 0 Å². The van der Waals surface area contributed by atoms with Crippen LogP contribution in [0.2, 0.25) is 0 Å². The molecule has 1 fully saturated rings. The smallest absolute Gasteiger partial charge is 0.272 e. The van der Waals surface area contributed by atoms with Crippen molar-refractivity contribution in [1.29, 1.82) is 0 Å². The summed E-state index contributed by atoms with van der Waals surface area (Å²) in [4.78, 5) is 31.0. The minimum Gasteiger partial charge on any atom is -0.375 e. The van der Waals surface area contributed by atoms with Gasteiger partial charge in [-0.2, -0.15) is 0 Å². The Hall–Kier alpha value is -2.41. The Morgan fingerprint density at radius 3 is 3.00 bits per heavy atom. The Balaban J connectivity index is 1.59. The van der Waals surface area contributed by atoms with Gasteiger partial charge >= 0.3 is 0 Å². The molecule has 0 spiro atoms. The molecular formula is C17H21N5O2. The van der Waals surface area contributed by atoms with Gasteiger partial charge < -0.3 is 9.64 Å². The fourth-order valence-electron chi connectivity index (χ4n) is 2.77. The average Bonchev–Trinajstić information content (AvgIpc) is 2.60. The van der Waals surface area contributed by atoms with Gasteiger partial charge in [0.1, 0.15) is 17.8 Å². The van der Waals surface area contributed by atoms with Crippen molar-refractivity contribution in [3.8, 4) is 0 Å². The maximum absolute atomic E-state index is 12.6. The molecule has 1 amide bonds. The van der Waals surface area contributed by atoms with Crippen molar-refractivity contribution in [2.45, 2.75) is 32.8 Å². The van der Waals surface area contributed by atoms with Gasteiger partial charge in [0, 0.05) is 30.7 Å². The molecule has 1 unspecified atom stereocenters. The van der Waals surface area contributed by atoms with Crippen LogP contribution in [0.1, 0.15) is 34.1 Å². The number of morpholine rings is 1. The number of ether oxygens (including phenoxy) is 1. The van der Waals surface area contributed by atoms with E-state index in [0.717, 1.165) is 24.2 Å². The molecule has 0 aromatic carbocycles. The van der Waals surface area contributed by atoms with Crippen molar-refractivity contribution in [2.24, 2.45) is 0 Å². The van der Waals surface area contributed by atoms with Gasteiger partial charge in [0.15, 0.2) is 0 Å². The second kappa shape index (κ2) is 7.44. The third-order valence-electron chi connectivity index (χ3n) is 4.00. The molecule has 1 atom stereocenters. The number of carbonyl (C=O) groups excluding carboxylic acids is 1. The molecule has 3 heterocycles. The molecule has 0 radical (unpaired) electrons. The van der Waals surface area contributed by atoms with Gasteiger partial charge in [-0.05, 0) is 38.8 Å². The molecule has 0 N–H and O–H groups in total. The molecule has 0 saturated carbocycles. The van der Waals surface area contributed by atoms with Crippen LogP contribution >= 0.6 is 0 Å². The molecule has 7 nitrogen and oxygen atoms in total. The van der Waals surface area contributed by atoms with Gasteiger partial charge in [0.05, 0.1) is 12.7 Å².